The highest BCUT2D eigenvalue weighted by Gasteiger charge is 2.45. The van der Waals surface area contributed by atoms with E-state index < -0.39 is 107 Å². The van der Waals surface area contributed by atoms with Gasteiger partial charge in [0.15, 0.2) is 0 Å². The fourth-order valence-corrected chi connectivity index (χ4v) is 13.9. The van der Waals surface area contributed by atoms with E-state index in [4.69, 9.17) is 0 Å². The summed E-state index contributed by atoms with van der Waals surface area (Å²) < 4.78 is 262. The van der Waals surface area contributed by atoms with E-state index in [9.17, 15) is 98.2 Å². The molecule has 12 rings (SSSR count). The number of nitrogens with one attached hydrogen (secondary N) is 4. The lowest BCUT2D eigenvalue weighted by atomic mass is 9.77. The monoisotopic (exact) mass is 1780 g/mol. The largest absolute Gasteiger partial charge is 0.573 e. The van der Waals surface area contributed by atoms with Crippen LogP contribution in [-0.2, 0) is 53.5 Å². The molecule has 0 unspecified atom stereocenters. The number of carbonyl (C=O) groups is 4. The van der Waals surface area contributed by atoms with Crippen molar-refractivity contribution in [2.45, 2.75) is 121 Å². The fraction of sp³-hybridized carbons (Fsp3) is 0.200. The Labute approximate surface area is 716 Å². The van der Waals surface area contributed by atoms with Crippen LogP contribution in [0.5, 0.6) is 34.5 Å². The fourth-order valence-electron chi connectivity index (χ4n) is 13.9. The smallest absolute Gasteiger partial charge is 0.406 e. The summed E-state index contributed by atoms with van der Waals surface area (Å²) in [7, 11) is 0. The minimum absolute atomic E-state index is 0.0287. The number of amides is 4. The Morgan fingerprint density at radius 2 is 0.496 bits per heavy atom. The third-order valence-corrected chi connectivity index (χ3v) is 19.4. The van der Waals surface area contributed by atoms with Crippen LogP contribution in [-0.4, -0.2) is 61.8 Å². The number of halogens is 18. The number of hydrogen-bond donors (Lipinski definition) is 4. The van der Waals surface area contributed by atoms with Gasteiger partial charge < -0.3 is 49.7 Å². The first-order valence-corrected chi connectivity index (χ1v) is 38.8. The number of ether oxygens (including phenoxy) is 6. The van der Waals surface area contributed by atoms with Crippen LogP contribution in [0, 0.1) is 0 Å². The zero-order valence-electron chi connectivity index (χ0n) is 67.3. The Bertz CT molecular complexity index is 5460. The minimum Gasteiger partial charge on any atom is -0.406 e. The van der Waals surface area contributed by atoms with Gasteiger partial charge >= 0.3 is 38.2 Å². The van der Waals surface area contributed by atoms with Crippen molar-refractivity contribution in [3.63, 3.8) is 0 Å². The quantitative estimate of drug-likeness (QED) is 0.0331. The third-order valence-electron chi connectivity index (χ3n) is 19.4. The molecule has 0 saturated heterocycles. The Hall–Kier alpha value is -13.9. The van der Waals surface area contributed by atoms with Crippen molar-refractivity contribution >= 4 is 29.3 Å². The van der Waals surface area contributed by atoms with Gasteiger partial charge in [-0.25, -0.2) is 0 Å². The first-order valence-electron chi connectivity index (χ1n) is 38.8. The van der Waals surface area contributed by atoms with Crippen molar-refractivity contribution in [1.29, 1.82) is 0 Å². The van der Waals surface area contributed by atoms with E-state index in [1.54, 1.807) is 127 Å². The lowest BCUT2D eigenvalue weighted by Crippen LogP contribution is -2.48. The number of unbranched alkanes of at least 4 members (excludes halogenated alkanes) is 1. The second-order valence-electron chi connectivity index (χ2n) is 28.6. The Kier molecular flexibility index (Phi) is 30.9. The molecule has 4 amide bonds. The van der Waals surface area contributed by atoms with Crippen LogP contribution in [0.1, 0.15) is 126 Å². The Balaban J connectivity index is 0.000000199. The normalized spacial score (nSPS) is 12.0. The molecule has 664 valence electrons. The predicted octanol–water partition coefficient (Wildman–Crippen LogP) is 24.1. The average Bonchev–Trinajstić information content (AvgIpc) is 0.767. The summed E-state index contributed by atoms with van der Waals surface area (Å²) in [6, 6.07) is 75.1. The molecule has 4 N–H and O–H groups in total. The number of benzene rings is 12. The highest BCUT2D eigenvalue weighted by atomic mass is 19.4. The van der Waals surface area contributed by atoms with Crippen molar-refractivity contribution in [2.24, 2.45) is 0 Å². The summed E-state index contributed by atoms with van der Waals surface area (Å²) in [6.45, 7) is 5.33. The van der Waals surface area contributed by atoms with Crippen LogP contribution in [0.4, 0.5) is 84.7 Å². The first kappa shape index (κ1) is 95.3. The van der Waals surface area contributed by atoms with Gasteiger partial charge in [0.05, 0.1) is 16.6 Å². The van der Waals surface area contributed by atoms with E-state index in [2.05, 4.69) is 56.6 Å². The van der Waals surface area contributed by atoms with Crippen LogP contribution in [0.3, 0.4) is 0 Å². The molecular weight excluding hydrogens is 1700 g/mol. The summed E-state index contributed by atoms with van der Waals surface area (Å²) in [5.41, 5.74) is 0.677. The second-order valence-corrected chi connectivity index (χ2v) is 28.6. The molecule has 0 aromatic heterocycles. The van der Waals surface area contributed by atoms with E-state index in [1.807, 2.05) is 19.1 Å². The van der Waals surface area contributed by atoms with E-state index in [-0.39, 0.29) is 75.2 Å². The number of alkyl halides is 18. The summed E-state index contributed by atoms with van der Waals surface area (Å²) in [4.78, 5) is 52.6. The lowest BCUT2D eigenvalue weighted by Gasteiger charge is -2.37. The zero-order valence-corrected chi connectivity index (χ0v) is 67.3. The molecule has 32 heteroatoms. The summed E-state index contributed by atoms with van der Waals surface area (Å²) in [5.74, 6) is -5.63. The topological polar surface area (TPSA) is 172 Å². The number of rotatable bonds is 29. The van der Waals surface area contributed by atoms with E-state index in [0.29, 0.717) is 22.4 Å². The molecule has 0 aliphatic rings. The number of anilines is 1. The standard InChI is InChI=1S/C33H29F6NO3.C31H24F6N2O4.C31H25F6NO3/c1-2-3-9-23-16-18-25(19-17-23)30(41)40-31(22-24-10-5-4-6-11-24,26-12-7-14-28(20-26)42-32(34,35)36)27-13-8-15-29(21-27)43-33(37,38)39;1-20(40)38-25-15-13-22(14-16-25)28(41)39-29(19-21-7-3-2-4-8-21,23-9-5-11-26(17-23)42-30(32,33)34)24-10-6-12-27(18-24)43-31(35,36)37;1-2-21-14-16-23(17-15-21)28(39)38-29(20-22-8-4-3-5-9-22,24-10-6-12-26(18-24)40-30(32,33)34)25-11-7-13-27(19-25)41-31(35,36)37/h4-8,10-21H,2-3,9,22H2,1H3,(H,40,41);2-18H,19H2,1H3,(H,38,40)(H,39,41);3-19H,2,20H2,1H3,(H,38,39). The molecule has 0 bridgehead atoms. The lowest BCUT2D eigenvalue weighted by molar-refractivity contribution is -0.275. The molecule has 0 spiro atoms. The molecule has 14 nitrogen and oxygen atoms in total. The van der Waals surface area contributed by atoms with Gasteiger partial charge in [-0.15, -0.1) is 79.0 Å². The summed E-state index contributed by atoms with van der Waals surface area (Å²) >= 11 is 0. The molecule has 0 heterocycles. The maximum atomic E-state index is 13.8. The third kappa shape index (κ3) is 28.5. The number of carbonyl (C=O) groups excluding carboxylic acids is 4. The van der Waals surface area contributed by atoms with Crippen molar-refractivity contribution in [1.82, 2.24) is 16.0 Å². The van der Waals surface area contributed by atoms with Crippen LogP contribution >= 0.6 is 0 Å². The highest BCUT2D eigenvalue weighted by Crippen LogP contribution is 2.44. The molecule has 12 aromatic rings. The van der Waals surface area contributed by atoms with Gasteiger partial charge in [0.2, 0.25) is 5.91 Å². The maximum absolute atomic E-state index is 13.8. The van der Waals surface area contributed by atoms with E-state index in [1.165, 1.54) is 104 Å². The zero-order chi connectivity index (χ0) is 92.0. The van der Waals surface area contributed by atoms with Crippen molar-refractivity contribution in [3.8, 4) is 34.5 Å². The van der Waals surface area contributed by atoms with Gasteiger partial charge in [-0.05, 0) is 202 Å². The molecule has 0 radical (unpaired) electrons. The first-order chi connectivity index (χ1) is 60.0. The van der Waals surface area contributed by atoms with Gasteiger partial charge in [0, 0.05) is 48.6 Å². The number of aryl methyl sites for hydroxylation is 2. The molecule has 0 aliphatic carbocycles. The average molecular weight is 1780 g/mol. The van der Waals surface area contributed by atoms with Crippen molar-refractivity contribution in [3.05, 3.63) is 387 Å². The van der Waals surface area contributed by atoms with Crippen LogP contribution in [0.25, 0.3) is 0 Å². The van der Waals surface area contributed by atoms with Crippen LogP contribution in [0.2, 0.25) is 0 Å². The van der Waals surface area contributed by atoms with E-state index >= 15 is 0 Å². The Morgan fingerprint density at radius 3 is 0.709 bits per heavy atom. The van der Waals surface area contributed by atoms with Gasteiger partial charge in [-0.3, -0.25) is 19.2 Å². The van der Waals surface area contributed by atoms with E-state index in [0.717, 1.165) is 110 Å². The van der Waals surface area contributed by atoms with Gasteiger partial charge in [-0.1, -0.05) is 208 Å². The maximum Gasteiger partial charge on any atom is 0.573 e. The summed E-state index contributed by atoms with van der Waals surface area (Å²) in [6.07, 6.45) is -26.7. The minimum atomic E-state index is -5.03. The highest BCUT2D eigenvalue weighted by molar-refractivity contribution is 5.97. The van der Waals surface area contributed by atoms with Crippen molar-refractivity contribution in [2.75, 3.05) is 5.32 Å². The molecule has 0 atom stereocenters. The van der Waals surface area contributed by atoms with Gasteiger partial charge in [0.1, 0.15) is 34.5 Å². The second kappa shape index (κ2) is 41.2. The molecule has 127 heavy (non-hydrogen) atoms. The van der Waals surface area contributed by atoms with Crippen LogP contribution in [0.15, 0.2) is 309 Å². The summed E-state index contributed by atoms with van der Waals surface area (Å²) in [5, 5.41) is 11.3. The molecule has 0 saturated carbocycles. The number of hydrogen-bond acceptors (Lipinski definition) is 10. The molecule has 12 aromatic carbocycles. The van der Waals surface area contributed by atoms with Crippen molar-refractivity contribution < 1.29 is 127 Å². The van der Waals surface area contributed by atoms with Gasteiger partial charge in [0.25, 0.3) is 17.7 Å². The molecular formula is C95H78F18N4O10. The van der Waals surface area contributed by atoms with Crippen LogP contribution < -0.4 is 49.7 Å². The predicted molar refractivity (Wildman–Crippen MR) is 436 cm³/mol. The Morgan fingerprint density at radius 1 is 0.268 bits per heavy atom. The van der Waals surface area contributed by atoms with Gasteiger partial charge in [-0.2, -0.15) is 0 Å². The molecule has 0 aliphatic heterocycles. The SMILES string of the molecule is CC(=O)Nc1ccc(C(=O)NC(Cc2ccccc2)(c2cccc(OC(F)(F)F)c2)c2cccc(OC(F)(F)F)c2)cc1.CCCCc1ccc(C(=O)NC(Cc2ccccc2)(c2cccc(OC(F)(F)F)c2)c2cccc(OC(F)(F)F)c2)cc1.CCc1ccc(C(=O)NC(Cc2ccccc2)(c2cccc(OC(F)(F)F)c2)c2cccc(OC(F)(F)F)c2)cc1. The molecule has 0 fully saturated rings.